The molecule has 1 aromatic heterocycles. The van der Waals surface area contributed by atoms with E-state index in [2.05, 4.69) is 5.32 Å². The van der Waals surface area contributed by atoms with Crippen molar-refractivity contribution < 1.29 is 19.1 Å². The Labute approximate surface area is 142 Å². The highest BCUT2D eigenvalue weighted by molar-refractivity contribution is 7.14. The van der Waals surface area contributed by atoms with Crippen LogP contribution in [0, 0.1) is 0 Å². The van der Waals surface area contributed by atoms with Gasteiger partial charge in [-0.2, -0.15) is 0 Å². The number of primary amides is 1. The number of carbonyl (C=O) groups is 3. The lowest BCUT2D eigenvalue weighted by Crippen LogP contribution is -2.22. The molecule has 0 atom stereocenters. The number of benzene rings is 1. The third-order valence-electron chi connectivity index (χ3n) is 3.78. The van der Waals surface area contributed by atoms with Crippen LogP contribution in [0.15, 0.2) is 29.6 Å². The van der Waals surface area contributed by atoms with E-state index in [1.807, 2.05) is 0 Å². The topological polar surface area (TPSA) is 98.5 Å². The molecule has 0 spiro atoms. The summed E-state index contributed by atoms with van der Waals surface area (Å²) in [5.74, 6) is -0.280. The maximum absolute atomic E-state index is 12.0. The van der Waals surface area contributed by atoms with Gasteiger partial charge in [0, 0.05) is 12.0 Å². The van der Waals surface area contributed by atoms with Crippen molar-refractivity contribution in [3.63, 3.8) is 0 Å². The second-order valence-electron chi connectivity index (χ2n) is 5.46. The smallest absolute Gasteiger partial charge is 0.262 e. The van der Waals surface area contributed by atoms with Gasteiger partial charge in [0.2, 0.25) is 0 Å². The molecule has 1 heterocycles. The minimum atomic E-state index is -0.591. The van der Waals surface area contributed by atoms with Crippen LogP contribution in [0.1, 0.15) is 39.1 Å². The van der Waals surface area contributed by atoms with E-state index in [0.29, 0.717) is 17.2 Å². The SMILES string of the molecule is NC(=O)c1ccsc1NC(=O)COc1ccc2c(c1)CCCC2=O. The molecule has 3 N–H and O–H groups in total. The van der Waals surface area contributed by atoms with Crippen molar-refractivity contribution in [2.24, 2.45) is 5.73 Å². The lowest BCUT2D eigenvalue weighted by Gasteiger charge is -2.15. The molecule has 6 nitrogen and oxygen atoms in total. The Morgan fingerprint density at radius 1 is 1.25 bits per heavy atom. The van der Waals surface area contributed by atoms with Crippen molar-refractivity contribution in [2.45, 2.75) is 19.3 Å². The molecule has 24 heavy (non-hydrogen) atoms. The second-order valence-corrected chi connectivity index (χ2v) is 6.38. The first-order valence-corrected chi connectivity index (χ1v) is 8.38. The molecule has 0 radical (unpaired) electrons. The van der Waals surface area contributed by atoms with E-state index in [1.54, 1.807) is 29.6 Å². The van der Waals surface area contributed by atoms with Gasteiger partial charge < -0.3 is 15.8 Å². The number of anilines is 1. The van der Waals surface area contributed by atoms with E-state index in [1.165, 1.54) is 11.3 Å². The van der Waals surface area contributed by atoms with Crippen molar-refractivity contribution in [1.82, 2.24) is 0 Å². The third kappa shape index (κ3) is 3.46. The summed E-state index contributed by atoms with van der Waals surface area (Å²) in [6.45, 7) is -0.192. The number of Topliss-reactive ketones (excluding diaryl/α,β-unsaturated/α-hetero) is 1. The third-order valence-corrected chi connectivity index (χ3v) is 4.61. The number of nitrogens with one attached hydrogen (secondary N) is 1. The largest absolute Gasteiger partial charge is 0.484 e. The lowest BCUT2D eigenvalue weighted by atomic mass is 9.91. The molecule has 0 aliphatic heterocycles. The van der Waals surface area contributed by atoms with Gasteiger partial charge in [-0.1, -0.05) is 0 Å². The number of hydrogen-bond donors (Lipinski definition) is 2. The highest BCUT2D eigenvalue weighted by Crippen LogP contribution is 2.26. The van der Waals surface area contributed by atoms with Crippen LogP contribution in [0.3, 0.4) is 0 Å². The van der Waals surface area contributed by atoms with Crippen molar-refractivity contribution in [1.29, 1.82) is 0 Å². The van der Waals surface area contributed by atoms with Crippen LogP contribution in [0.4, 0.5) is 5.00 Å². The van der Waals surface area contributed by atoms with Gasteiger partial charge in [0.1, 0.15) is 10.8 Å². The van der Waals surface area contributed by atoms with E-state index in [9.17, 15) is 14.4 Å². The molecule has 124 valence electrons. The first-order chi connectivity index (χ1) is 11.5. The normalized spacial score (nSPS) is 13.2. The van der Waals surface area contributed by atoms with E-state index >= 15 is 0 Å². The highest BCUT2D eigenvalue weighted by Gasteiger charge is 2.18. The molecule has 1 aromatic carbocycles. The number of amides is 2. The molecule has 2 amide bonds. The Morgan fingerprint density at radius 3 is 2.88 bits per heavy atom. The van der Waals surface area contributed by atoms with Crippen molar-refractivity contribution >= 4 is 33.9 Å². The summed E-state index contributed by atoms with van der Waals surface area (Å²) < 4.78 is 5.48. The number of ketones is 1. The van der Waals surface area contributed by atoms with Crippen molar-refractivity contribution in [2.75, 3.05) is 11.9 Å². The predicted octanol–water partition coefficient (Wildman–Crippen LogP) is 2.38. The van der Waals surface area contributed by atoms with Gasteiger partial charge in [-0.15, -0.1) is 11.3 Å². The van der Waals surface area contributed by atoms with E-state index < -0.39 is 5.91 Å². The molecule has 1 aliphatic carbocycles. The molecule has 0 fully saturated rings. The average molecular weight is 344 g/mol. The number of hydrogen-bond acceptors (Lipinski definition) is 5. The number of aryl methyl sites for hydroxylation is 1. The van der Waals surface area contributed by atoms with E-state index in [-0.39, 0.29) is 23.9 Å². The highest BCUT2D eigenvalue weighted by atomic mass is 32.1. The number of ether oxygens (including phenoxy) is 1. The first kappa shape index (κ1) is 16.2. The van der Waals surface area contributed by atoms with Crippen molar-refractivity contribution in [3.8, 4) is 5.75 Å². The van der Waals surface area contributed by atoms with Crippen LogP contribution < -0.4 is 15.8 Å². The Morgan fingerprint density at radius 2 is 2.08 bits per heavy atom. The van der Waals surface area contributed by atoms with Gasteiger partial charge in [0.15, 0.2) is 12.4 Å². The Balaban J connectivity index is 1.61. The van der Waals surface area contributed by atoms with Crippen LogP contribution in [-0.2, 0) is 11.2 Å². The summed E-state index contributed by atoms with van der Waals surface area (Å²) in [4.78, 5) is 35.0. The Kier molecular flexibility index (Phi) is 4.61. The second kappa shape index (κ2) is 6.84. The molecule has 1 aliphatic rings. The monoisotopic (exact) mass is 344 g/mol. The molecule has 0 unspecified atom stereocenters. The zero-order chi connectivity index (χ0) is 17.1. The van der Waals surface area contributed by atoms with Gasteiger partial charge in [0.05, 0.1) is 5.56 Å². The average Bonchev–Trinajstić information content (AvgIpc) is 3.01. The quantitative estimate of drug-likeness (QED) is 0.870. The maximum Gasteiger partial charge on any atom is 0.262 e. The molecule has 0 saturated heterocycles. The number of fused-ring (bicyclic) bond motifs is 1. The molecule has 7 heteroatoms. The van der Waals surface area contributed by atoms with Crippen LogP contribution >= 0.6 is 11.3 Å². The summed E-state index contributed by atoms with van der Waals surface area (Å²) in [5.41, 5.74) is 7.21. The maximum atomic E-state index is 12.0. The summed E-state index contributed by atoms with van der Waals surface area (Å²) in [6, 6.07) is 6.80. The summed E-state index contributed by atoms with van der Waals surface area (Å²) in [6.07, 6.45) is 2.25. The van der Waals surface area contributed by atoms with Gasteiger partial charge in [-0.25, -0.2) is 0 Å². The zero-order valence-electron chi connectivity index (χ0n) is 12.8. The van der Waals surface area contributed by atoms with Gasteiger partial charge in [0.25, 0.3) is 11.8 Å². The standard InChI is InChI=1S/C17H16N2O4S/c18-16(22)13-6-7-24-17(13)19-15(21)9-23-11-4-5-12-10(8-11)2-1-3-14(12)20/h4-8H,1-3,9H2,(H2,18,22)(H,19,21). The fraction of sp³-hybridized carbons (Fsp3) is 0.235. The minimum Gasteiger partial charge on any atom is -0.484 e. The number of nitrogens with two attached hydrogens (primary N) is 1. The van der Waals surface area contributed by atoms with Gasteiger partial charge in [-0.3, -0.25) is 14.4 Å². The molecule has 3 rings (SSSR count). The van der Waals surface area contributed by atoms with Crippen LogP contribution in [0.5, 0.6) is 5.75 Å². The van der Waals surface area contributed by atoms with Crippen LogP contribution in [0.25, 0.3) is 0 Å². The molecular formula is C17H16N2O4S. The first-order valence-electron chi connectivity index (χ1n) is 7.50. The summed E-state index contributed by atoms with van der Waals surface area (Å²) in [7, 11) is 0. The van der Waals surface area contributed by atoms with Crippen molar-refractivity contribution in [3.05, 3.63) is 46.3 Å². The fourth-order valence-corrected chi connectivity index (χ4v) is 3.43. The minimum absolute atomic E-state index is 0.150. The molecule has 0 saturated carbocycles. The molecule has 0 bridgehead atoms. The number of rotatable bonds is 5. The number of thiophene rings is 1. The fourth-order valence-electron chi connectivity index (χ4n) is 2.62. The molecular weight excluding hydrogens is 328 g/mol. The van der Waals surface area contributed by atoms with E-state index in [0.717, 1.165) is 24.0 Å². The Bertz CT molecular complexity index is 813. The summed E-state index contributed by atoms with van der Waals surface area (Å²) in [5, 5.41) is 4.70. The predicted molar refractivity (Wildman–Crippen MR) is 90.7 cm³/mol. The zero-order valence-corrected chi connectivity index (χ0v) is 13.7. The summed E-state index contributed by atoms with van der Waals surface area (Å²) >= 11 is 1.22. The van der Waals surface area contributed by atoms with Crippen LogP contribution in [-0.4, -0.2) is 24.2 Å². The lowest BCUT2D eigenvalue weighted by molar-refractivity contribution is -0.118. The Hall–Kier alpha value is -2.67. The van der Waals surface area contributed by atoms with Crippen LogP contribution in [0.2, 0.25) is 0 Å². The van der Waals surface area contributed by atoms with Gasteiger partial charge in [-0.05, 0) is 48.1 Å². The van der Waals surface area contributed by atoms with E-state index in [4.69, 9.17) is 10.5 Å². The van der Waals surface area contributed by atoms with Gasteiger partial charge >= 0.3 is 0 Å². The molecule has 2 aromatic rings. The number of carbonyl (C=O) groups excluding carboxylic acids is 3.